The zero-order chi connectivity index (χ0) is 12.3. The molecule has 0 spiro atoms. The maximum atomic E-state index is 6.23. The Balaban J connectivity index is 2.01. The van der Waals surface area contributed by atoms with Crippen molar-refractivity contribution in [3.63, 3.8) is 0 Å². The van der Waals surface area contributed by atoms with Crippen molar-refractivity contribution in [2.24, 2.45) is 5.73 Å². The van der Waals surface area contributed by atoms with Gasteiger partial charge in [-0.1, -0.05) is 12.1 Å². The molecule has 0 aromatic carbocycles. The summed E-state index contributed by atoms with van der Waals surface area (Å²) in [5.41, 5.74) is 9.51. The highest BCUT2D eigenvalue weighted by atomic mass is 32.1. The third-order valence-corrected chi connectivity index (χ3v) is 3.88. The van der Waals surface area contributed by atoms with Gasteiger partial charge in [0.15, 0.2) is 0 Å². The molecule has 0 bridgehead atoms. The zero-order valence-electron chi connectivity index (χ0n) is 10.3. The summed E-state index contributed by atoms with van der Waals surface area (Å²) in [5, 5.41) is 2.11. The molecule has 2 N–H and O–H groups in total. The van der Waals surface area contributed by atoms with E-state index in [1.54, 1.807) is 11.3 Å². The Morgan fingerprint density at radius 2 is 2.12 bits per heavy atom. The first-order valence-corrected chi connectivity index (χ1v) is 6.77. The van der Waals surface area contributed by atoms with E-state index in [4.69, 9.17) is 5.73 Å². The van der Waals surface area contributed by atoms with Crippen LogP contribution >= 0.6 is 11.3 Å². The summed E-state index contributed by atoms with van der Waals surface area (Å²) in [7, 11) is 0. The summed E-state index contributed by atoms with van der Waals surface area (Å²) >= 11 is 1.80. The van der Waals surface area contributed by atoms with Crippen molar-refractivity contribution >= 4 is 11.3 Å². The number of nitrogens with two attached hydrogens (primary N) is 1. The molecule has 3 heteroatoms. The Hall–Kier alpha value is -1.19. The van der Waals surface area contributed by atoms with Crippen molar-refractivity contribution < 1.29 is 0 Å². The minimum Gasteiger partial charge on any atom is -0.324 e. The predicted octanol–water partition coefficient (Wildman–Crippen LogP) is 3.39. The Kier molecular flexibility index (Phi) is 3.92. The van der Waals surface area contributed by atoms with Crippen LogP contribution in [0.3, 0.4) is 0 Å². The molecule has 1 unspecified atom stereocenters. The highest BCUT2D eigenvalue weighted by molar-refractivity contribution is 7.09. The number of hydrogen-bond acceptors (Lipinski definition) is 3. The molecule has 0 aliphatic carbocycles. The lowest BCUT2D eigenvalue weighted by molar-refractivity contribution is 0.647. The van der Waals surface area contributed by atoms with E-state index in [-0.39, 0.29) is 6.04 Å². The van der Waals surface area contributed by atoms with Crippen molar-refractivity contribution in [2.45, 2.75) is 32.7 Å². The van der Waals surface area contributed by atoms with Crippen LogP contribution in [0.2, 0.25) is 0 Å². The molecular weight excluding hydrogens is 228 g/mol. The normalized spacial score (nSPS) is 12.6. The highest BCUT2D eigenvalue weighted by Crippen LogP contribution is 2.21. The van der Waals surface area contributed by atoms with Crippen molar-refractivity contribution in [3.8, 4) is 0 Å². The van der Waals surface area contributed by atoms with Crippen LogP contribution in [0.1, 0.15) is 34.3 Å². The van der Waals surface area contributed by atoms with Gasteiger partial charge in [0.2, 0.25) is 0 Å². The van der Waals surface area contributed by atoms with Gasteiger partial charge in [0.1, 0.15) is 0 Å². The minimum atomic E-state index is 0.0881. The van der Waals surface area contributed by atoms with Crippen LogP contribution in [-0.4, -0.2) is 4.98 Å². The number of aromatic nitrogens is 1. The fourth-order valence-corrected chi connectivity index (χ4v) is 2.72. The average Bonchev–Trinajstić information content (AvgIpc) is 2.78. The van der Waals surface area contributed by atoms with E-state index in [9.17, 15) is 0 Å². The van der Waals surface area contributed by atoms with Gasteiger partial charge in [-0.2, -0.15) is 0 Å². The van der Waals surface area contributed by atoms with Crippen molar-refractivity contribution in [3.05, 3.63) is 51.5 Å². The van der Waals surface area contributed by atoms with Gasteiger partial charge in [-0.15, -0.1) is 11.3 Å². The molecule has 90 valence electrons. The molecule has 17 heavy (non-hydrogen) atoms. The molecule has 0 aliphatic rings. The van der Waals surface area contributed by atoms with Crippen LogP contribution in [0.5, 0.6) is 0 Å². The molecule has 0 fully saturated rings. The second-order valence-electron chi connectivity index (χ2n) is 4.35. The Morgan fingerprint density at radius 1 is 1.29 bits per heavy atom. The summed E-state index contributed by atoms with van der Waals surface area (Å²) in [5.74, 6) is 0. The molecule has 1 atom stereocenters. The summed E-state index contributed by atoms with van der Waals surface area (Å²) in [4.78, 5) is 5.86. The van der Waals surface area contributed by atoms with Crippen LogP contribution in [0.4, 0.5) is 0 Å². The quantitative estimate of drug-likeness (QED) is 0.898. The second-order valence-corrected chi connectivity index (χ2v) is 5.38. The zero-order valence-corrected chi connectivity index (χ0v) is 11.1. The van der Waals surface area contributed by atoms with E-state index in [2.05, 4.69) is 28.6 Å². The van der Waals surface area contributed by atoms with Gasteiger partial charge in [0.05, 0.1) is 0 Å². The Morgan fingerprint density at radius 3 is 2.76 bits per heavy atom. The van der Waals surface area contributed by atoms with Crippen LogP contribution in [0, 0.1) is 13.8 Å². The largest absolute Gasteiger partial charge is 0.324 e. The SMILES string of the molecule is Cc1ccc(C(N)CCc2cccs2)c(C)n1. The van der Waals surface area contributed by atoms with Gasteiger partial charge in [-0.25, -0.2) is 0 Å². The van der Waals surface area contributed by atoms with E-state index in [0.717, 1.165) is 24.2 Å². The number of nitrogens with zero attached hydrogens (tertiary/aromatic N) is 1. The molecule has 0 aliphatic heterocycles. The molecule has 2 nitrogen and oxygen atoms in total. The Bertz CT molecular complexity index is 477. The van der Waals surface area contributed by atoms with Crippen molar-refractivity contribution in [1.82, 2.24) is 4.98 Å². The van der Waals surface area contributed by atoms with E-state index in [0.29, 0.717) is 0 Å². The molecule has 2 heterocycles. The third-order valence-electron chi connectivity index (χ3n) is 2.95. The average molecular weight is 246 g/mol. The molecule has 2 aromatic rings. The molecular formula is C14H18N2S. The van der Waals surface area contributed by atoms with Crippen LogP contribution in [0.15, 0.2) is 29.6 Å². The number of pyridine rings is 1. The van der Waals surface area contributed by atoms with E-state index in [1.807, 2.05) is 19.9 Å². The summed E-state index contributed by atoms with van der Waals surface area (Å²) in [6.07, 6.45) is 2.03. The maximum Gasteiger partial charge on any atom is 0.0423 e. The first-order chi connectivity index (χ1) is 8.16. The lowest BCUT2D eigenvalue weighted by Gasteiger charge is -2.14. The van der Waals surface area contributed by atoms with Crippen LogP contribution < -0.4 is 5.73 Å². The van der Waals surface area contributed by atoms with Gasteiger partial charge in [0.25, 0.3) is 0 Å². The smallest absolute Gasteiger partial charge is 0.0423 e. The fourth-order valence-electron chi connectivity index (χ4n) is 2.00. The van der Waals surface area contributed by atoms with E-state index < -0.39 is 0 Å². The Labute approximate surface area is 107 Å². The van der Waals surface area contributed by atoms with Gasteiger partial charge in [-0.3, -0.25) is 4.98 Å². The van der Waals surface area contributed by atoms with Crippen molar-refractivity contribution in [1.29, 1.82) is 0 Å². The van der Waals surface area contributed by atoms with Gasteiger partial charge in [0, 0.05) is 22.3 Å². The fraction of sp³-hybridized carbons (Fsp3) is 0.357. The van der Waals surface area contributed by atoms with E-state index >= 15 is 0 Å². The summed E-state index contributed by atoms with van der Waals surface area (Å²) in [6.45, 7) is 4.04. The highest BCUT2D eigenvalue weighted by Gasteiger charge is 2.10. The lowest BCUT2D eigenvalue weighted by atomic mass is 10.0. The van der Waals surface area contributed by atoms with Crippen molar-refractivity contribution in [2.75, 3.05) is 0 Å². The molecule has 2 rings (SSSR count). The second kappa shape index (κ2) is 5.43. The summed E-state index contributed by atoms with van der Waals surface area (Å²) in [6, 6.07) is 8.48. The number of hydrogen-bond donors (Lipinski definition) is 1. The molecule has 0 saturated heterocycles. The molecule has 2 aromatic heterocycles. The number of aryl methyl sites for hydroxylation is 3. The maximum absolute atomic E-state index is 6.23. The van der Waals surface area contributed by atoms with Gasteiger partial charge >= 0.3 is 0 Å². The first kappa shape index (κ1) is 12.3. The van der Waals surface area contributed by atoms with Gasteiger partial charge in [-0.05, 0) is 49.8 Å². The minimum absolute atomic E-state index is 0.0881. The number of thiophene rings is 1. The van der Waals surface area contributed by atoms with Crippen LogP contribution in [0.25, 0.3) is 0 Å². The lowest BCUT2D eigenvalue weighted by Crippen LogP contribution is -2.13. The first-order valence-electron chi connectivity index (χ1n) is 5.89. The molecule has 0 saturated carbocycles. The third kappa shape index (κ3) is 3.14. The number of rotatable bonds is 4. The predicted molar refractivity (Wildman–Crippen MR) is 73.3 cm³/mol. The monoisotopic (exact) mass is 246 g/mol. The van der Waals surface area contributed by atoms with Gasteiger partial charge < -0.3 is 5.73 Å². The standard InChI is InChI=1S/C14H18N2S/c1-10-5-7-13(11(2)16-10)14(15)8-6-12-4-3-9-17-12/h3-5,7,9,14H,6,8,15H2,1-2H3. The van der Waals surface area contributed by atoms with Crippen LogP contribution in [-0.2, 0) is 6.42 Å². The topological polar surface area (TPSA) is 38.9 Å². The summed E-state index contributed by atoms with van der Waals surface area (Å²) < 4.78 is 0. The van der Waals surface area contributed by atoms with E-state index in [1.165, 1.54) is 10.4 Å². The molecule has 0 radical (unpaired) electrons. The molecule has 0 amide bonds.